The molecule has 0 amide bonds. The van der Waals surface area contributed by atoms with E-state index in [9.17, 15) is 4.79 Å². The van der Waals surface area contributed by atoms with Crippen LogP contribution in [0.3, 0.4) is 0 Å². The number of anilines is 1. The van der Waals surface area contributed by atoms with E-state index < -0.39 is 5.97 Å². The predicted molar refractivity (Wildman–Crippen MR) is 74.5 cm³/mol. The summed E-state index contributed by atoms with van der Waals surface area (Å²) in [4.78, 5) is 15.0. The highest BCUT2D eigenvalue weighted by atomic mass is 16.4. The molecule has 5 heteroatoms. The maximum Gasteiger partial charge on any atom is 0.335 e. The first-order chi connectivity index (χ1) is 9.70. The van der Waals surface area contributed by atoms with E-state index in [2.05, 4.69) is 10.3 Å². The van der Waals surface area contributed by atoms with Gasteiger partial charge in [-0.25, -0.2) is 9.78 Å². The van der Waals surface area contributed by atoms with Gasteiger partial charge in [-0.2, -0.15) is 5.26 Å². The number of nitrogens with zero attached hydrogens (tertiary/aromatic N) is 2. The Labute approximate surface area is 116 Å². The lowest BCUT2D eigenvalue weighted by Gasteiger charge is -2.08. The van der Waals surface area contributed by atoms with Crippen molar-refractivity contribution >= 4 is 11.7 Å². The van der Waals surface area contributed by atoms with Crippen LogP contribution in [0.25, 0.3) is 0 Å². The number of carbonyl (C=O) groups is 1. The van der Waals surface area contributed by atoms with Crippen LogP contribution in [-0.2, 0) is 6.42 Å². The molecule has 2 aromatic rings. The molecule has 2 N–H and O–H groups in total. The number of carboxylic acids is 1. The summed E-state index contributed by atoms with van der Waals surface area (Å²) < 4.78 is 0. The Morgan fingerprint density at radius 2 is 2.15 bits per heavy atom. The summed E-state index contributed by atoms with van der Waals surface area (Å²) in [5.74, 6) is -0.920. The fourth-order valence-electron chi connectivity index (χ4n) is 1.89. The molecule has 1 aromatic carbocycles. The van der Waals surface area contributed by atoms with E-state index >= 15 is 0 Å². The lowest BCUT2D eigenvalue weighted by molar-refractivity contribution is 0.0695. The zero-order chi connectivity index (χ0) is 14.4. The maximum atomic E-state index is 11.1. The molecule has 0 aliphatic heterocycles. The highest BCUT2D eigenvalue weighted by Crippen LogP contribution is 2.11. The van der Waals surface area contributed by atoms with Crippen molar-refractivity contribution in [3.8, 4) is 6.07 Å². The standard InChI is InChI=1S/C15H13N3O2/c16-10-13-9-12(6-8-18-13)17-7-5-11-3-1-2-4-14(11)15(19)20/h1-4,6,8-9H,5,7H2,(H,17,18)(H,19,20). The molecule has 0 aliphatic rings. The Kier molecular flexibility index (Phi) is 4.30. The number of pyridine rings is 1. The first-order valence-electron chi connectivity index (χ1n) is 6.12. The molecule has 0 saturated carbocycles. The van der Waals surface area contributed by atoms with Crippen LogP contribution in [0, 0.1) is 11.3 Å². The Balaban J connectivity index is 2.00. The van der Waals surface area contributed by atoms with Crippen LogP contribution < -0.4 is 5.32 Å². The smallest absolute Gasteiger partial charge is 0.335 e. The third-order valence-electron chi connectivity index (χ3n) is 2.85. The molecule has 0 unspecified atom stereocenters. The van der Waals surface area contributed by atoms with Gasteiger partial charge in [-0.1, -0.05) is 18.2 Å². The molecule has 1 aromatic heterocycles. The monoisotopic (exact) mass is 267 g/mol. The van der Waals surface area contributed by atoms with Gasteiger partial charge in [0.05, 0.1) is 5.56 Å². The molecular formula is C15H13N3O2. The van der Waals surface area contributed by atoms with E-state index in [-0.39, 0.29) is 0 Å². The zero-order valence-electron chi connectivity index (χ0n) is 10.7. The number of carboxylic acid groups (broad SMARTS) is 1. The predicted octanol–water partition coefficient (Wildman–Crippen LogP) is 2.31. The van der Waals surface area contributed by atoms with Crippen LogP contribution in [0.5, 0.6) is 0 Å². The summed E-state index contributed by atoms with van der Waals surface area (Å²) in [6.45, 7) is 0.583. The number of rotatable bonds is 5. The fraction of sp³-hybridized carbons (Fsp3) is 0.133. The van der Waals surface area contributed by atoms with Crippen molar-refractivity contribution in [2.75, 3.05) is 11.9 Å². The molecule has 0 bridgehead atoms. The minimum absolute atomic E-state index is 0.321. The Hall–Kier alpha value is -2.87. The zero-order valence-corrected chi connectivity index (χ0v) is 10.7. The SMILES string of the molecule is N#Cc1cc(NCCc2ccccc2C(=O)O)ccn1. The van der Waals surface area contributed by atoms with E-state index in [1.54, 1.807) is 36.5 Å². The molecule has 0 atom stereocenters. The lowest BCUT2D eigenvalue weighted by atomic mass is 10.0. The molecule has 2 rings (SSSR count). The number of hydrogen-bond donors (Lipinski definition) is 2. The summed E-state index contributed by atoms with van der Waals surface area (Å²) in [7, 11) is 0. The van der Waals surface area contributed by atoms with Crippen molar-refractivity contribution in [1.29, 1.82) is 5.26 Å². The largest absolute Gasteiger partial charge is 0.478 e. The quantitative estimate of drug-likeness (QED) is 0.868. The highest BCUT2D eigenvalue weighted by Gasteiger charge is 2.08. The molecule has 0 fully saturated rings. The first-order valence-corrected chi connectivity index (χ1v) is 6.12. The summed E-state index contributed by atoms with van der Waals surface area (Å²) >= 11 is 0. The summed E-state index contributed by atoms with van der Waals surface area (Å²) in [5.41, 5.74) is 2.24. The van der Waals surface area contributed by atoms with Crippen molar-refractivity contribution < 1.29 is 9.90 Å². The normalized spacial score (nSPS) is 9.75. The van der Waals surface area contributed by atoms with Crippen molar-refractivity contribution in [3.63, 3.8) is 0 Å². The highest BCUT2D eigenvalue weighted by molar-refractivity contribution is 5.89. The second-order valence-corrected chi connectivity index (χ2v) is 4.18. The van der Waals surface area contributed by atoms with Crippen LogP contribution in [0.15, 0.2) is 42.6 Å². The molecule has 1 heterocycles. The van der Waals surface area contributed by atoms with E-state index in [4.69, 9.17) is 10.4 Å². The Morgan fingerprint density at radius 1 is 1.35 bits per heavy atom. The molecule has 5 nitrogen and oxygen atoms in total. The van der Waals surface area contributed by atoms with Gasteiger partial charge in [0.1, 0.15) is 11.8 Å². The number of aromatic nitrogens is 1. The van der Waals surface area contributed by atoms with Gasteiger partial charge in [-0.3, -0.25) is 0 Å². The van der Waals surface area contributed by atoms with Gasteiger partial charge in [0.25, 0.3) is 0 Å². The van der Waals surface area contributed by atoms with Crippen LogP contribution in [0.2, 0.25) is 0 Å². The van der Waals surface area contributed by atoms with E-state index in [0.29, 0.717) is 24.2 Å². The van der Waals surface area contributed by atoms with Crippen molar-refractivity contribution in [1.82, 2.24) is 4.98 Å². The van der Waals surface area contributed by atoms with Crippen LogP contribution in [0.1, 0.15) is 21.6 Å². The van der Waals surface area contributed by atoms with Gasteiger partial charge in [0.15, 0.2) is 0 Å². The first kappa shape index (κ1) is 13.6. The Bertz CT molecular complexity index is 662. The van der Waals surface area contributed by atoms with Gasteiger partial charge >= 0.3 is 5.97 Å². The average molecular weight is 267 g/mol. The molecule has 0 aliphatic carbocycles. The van der Waals surface area contributed by atoms with Gasteiger partial charge in [0.2, 0.25) is 0 Å². The van der Waals surface area contributed by atoms with Crippen molar-refractivity contribution in [2.24, 2.45) is 0 Å². The van der Waals surface area contributed by atoms with Crippen LogP contribution >= 0.6 is 0 Å². The number of nitriles is 1. The number of hydrogen-bond acceptors (Lipinski definition) is 4. The molecule has 100 valence electrons. The minimum atomic E-state index is -0.920. The van der Waals surface area contributed by atoms with E-state index in [1.165, 1.54) is 0 Å². The third kappa shape index (κ3) is 3.33. The third-order valence-corrected chi connectivity index (χ3v) is 2.85. The summed E-state index contributed by atoms with van der Waals surface area (Å²) in [5, 5.41) is 21.0. The molecule has 20 heavy (non-hydrogen) atoms. The lowest BCUT2D eigenvalue weighted by Crippen LogP contribution is -2.09. The van der Waals surface area contributed by atoms with Gasteiger partial charge in [0, 0.05) is 18.4 Å². The van der Waals surface area contributed by atoms with E-state index in [0.717, 1.165) is 11.3 Å². The van der Waals surface area contributed by atoms with Gasteiger partial charge in [-0.15, -0.1) is 0 Å². The fourth-order valence-corrected chi connectivity index (χ4v) is 1.89. The second-order valence-electron chi connectivity index (χ2n) is 4.18. The molecule has 0 spiro atoms. The maximum absolute atomic E-state index is 11.1. The molecular weight excluding hydrogens is 254 g/mol. The van der Waals surface area contributed by atoms with Crippen molar-refractivity contribution in [3.05, 3.63) is 59.4 Å². The number of benzene rings is 1. The second kappa shape index (κ2) is 6.34. The Morgan fingerprint density at radius 3 is 2.90 bits per heavy atom. The molecule has 0 saturated heterocycles. The average Bonchev–Trinajstić information content (AvgIpc) is 2.48. The molecule has 0 radical (unpaired) electrons. The number of aromatic carboxylic acids is 1. The topological polar surface area (TPSA) is 86.0 Å². The van der Waals surface area contributed by atoms with Crippen molar-refractivity contribution in [2.45, 2.75) is 6.42 Å². The summed E-state index contributed by atoms with van der Waals surface area (Å²) in [6, 6.07) is 12.3. The summed E-state index contributed by atoms with van der Waals surface area (Å²) in [6.07, 6.45) is 2.15. The van der Waals surface area contributed by atoms with Crippen LogP contribution in [0.4, 0.5) is 5.69 Å². The van der Waals surface area contributed by atoms with Gasteiger partial charge in [-0.05, 0) is 30.2 Å². The van der Waals surface area contributed by atoms with Gasteiger partial charge < -0.3 is 10.4 Å². The minimum Gasteiger partial charge on any atom is -0.478 e. The number of nitrogens with one attached hydrogen (secondary N) is 1. The van der Waals surface area contributed by atoms with Crippen LogP contribution in [-0.4, -0.2) is 22.6 Å². The van der Waals surface area contributed by atoms with E-state index in [1.807, 2.05) is 12.1 Å².